The number of phenols is 1. The molecule has 0 radical (unpaired) electrons. The number of nitrogens with one attached hydrogen (secondary N) is 3. The molecule has 4 aromatic rings. The van der Waals surface area contributed by atoms with E-state index in [1.165, 1.54) is 5.01 Å². The molecule has 60 heavy (non-hydrogen) atoms. The maximum atomic E-state index is 14.2. The molecule has 6 bridgehead atoms. The lowest BCUT2D eigenvalue weighted by atomic mass is 9.84. The van der Waals surface area contributed by atoms with Crippen molar-refractivity contribution in [1.82, 2.24) is 30.6 Å². The van der Waals surface area contributed by atoms with Gasteiger partial charge >= 0.3 is 12.1 Å². The van der Waals surface area contributed by atoms with Crippen molar-refractivity contribution in [3.8, 4) is 28.1 Å². The van der Waals surface area contributed by atoms with Crippen LogP contribution in [-0.4, -0.2) is 102 Å². The van der Waals surface area contributed by atoms with Crippen molar-refractivity contribution in [3.63, 3.8) is 0 Å². The number of methoxy groups -OCH3 is 1. The molecule has 0 spiro atoms. The van der Waals surface area contributed by atoms with Crippen LogP contribution in [0, 0.1) is 5.41 Å². The molecule has 0 aliphatic carbocycles. The van der Waals surface area contributed by atoms with Crippen molar-refractivity contribution in [3.05, 3.63) is 65.5 Å². The smallest absolute Gasteiger partial charge is 0.408 e. The van der Waals surface area contributed by atoms with Crippen molar-refractivity contribution in [2.24, 2.45) is 5.41 Å². The lowest BCUT2D eigenvalue weighted by Gasteiger charge is -2.35. The summed E-state index contributed by atoms with van der Waals surface area (Å²) in [5.41, 5.74) is 10.1. The number of carbonyl (C=O) groups excluding carboxylic acids is 3. The number of hydrazine groups is 1. The highest BCUT2D eigenvalue weighted by Gasteiger charge is 2.36. The maximum absolute atomic E-state index is 14.2. The third kappa shape index (κ3) is 9.40. The van der Waals surface area contributed by atoms with E-state index >= 15 is 0 Å². The third-order valence-corrected chi connectivity index (χ3v) is 11.6. The first-order chi connectivity index (χ1) is 28.5. The number of aromatic hydroxyl groups is 1. The molecule has 14 heteroatoms. The number of aromatic nitrogens is 2. The van der Waals surface area contributed by atoms with Crippen LogP contribution in [0.1, 0.15) is 84.2 Å². The number of ether oxygens (including phenoxy) is 3. The Morgan fingerprint density at radius 2 is 1.85 bits per heavy atom. The number of rotatable bonds is 6. The van der Waals surface area contributed by atoms with Crippen LogP contribution in [0.25, 0.3) is 33.3 Å². The number of phenolic OH excluding ortho intramolecular Hbond substituents is 1. The molecule has 5 heterocycles. The molecule has 14 nitrogen and oxygen atoms in total. The van der Waals surface area contributed by atoms with Gasteiger partial charge in [0.2, 0.25) is 0 Å². The minimum atomic E-state index is -1.07. The van der Waals surface area contributed by atoms with Gasteiger partial charge in [0.15, 0.2) is 0 Å². The summed E-state index contributed by atoms with van der Waals surface area (Å²) in [6.45, 7) is 18.3. The van der Waals surface area contributed by atoms with Crippen LogP contribution in [0.4, 0.5) is 10.5 Å². The standard InChI is InChI=1S/C46H61N7O7/c1-9-52-39-13-12-30-23-34(39)36(41(52)35-24-32(51-17-14-47-15-18-51)26-48-40(35)28(2)58-8)25-46(6,7)27-59-43(56)37-11-10-16-53(50-37)42(55)38(49-44(57)60-45(3,4)5)21-29-19-31(30)22-33(54)20-29/h12-13,19-20,22-24,26,28,37-38,47,50,54H,9-11,14-18,21,25,27H2,1-8H3,(H,49,57)/t28-,37-,38-/m0/s1. The Bertz CT molecular complexity index is 2240. The molecule has 322 valence electrons. The van der Waals surface area contributed by atoms with Crippen LogP contribution < -0.4 is 21.0 Å². The summed E-state index contributed by atoms with van der Waals surface area (Å²) in [6, 6.07) is 12.0. The van der Waals surface area contributed by atoms with Crippen molar-refractivity contribution < 1.29 is 33.7 Å². The van der Waals surface area contributed by atoms with E-state index in [9.17, 15) is 19.5 Å². The summed E-state index contributed by atoms with van der Waals surface area (Å²) in [4.78, 5) is 48.6. The van der Waals surface area contributed by atoms with Gasteiger partial charge in [0.25, 0.3) is 5.91 Å². The minimum Gasteiger partial charge on any atom is -0.508 e. The Hall–Kier alpha value is -5.18. The zero-order chi connectivity index (χ0) is 42.9. The number of benzene rings is 2. The Labute approximate surface area is 352 Å². The highest BCUT2D eigenvalue weighted by Crippen LogP contribution is 2.43. The second kappa shape index (κ2) is 17.4. The molecule has 2 aromatic heterocycles. The number of hydrogen-bond donors (Lipinski definition) is 4. The van der Waals surface area contributed by atoms with Gasteiger partial charge in [-0.2, -0.15) is 0 Å². The summed E-state index contributed by atoms with van der Waals surface area (Å²) >= 11 is 0. The zero-order valence-electron chi connectivity index (χ0n) is 36.3. The monoisotopic (exact) mass is 823 g/mol. The highest BCUT2D eigenvalue weighted by molar-refractivity contribution is 5.96. The second-order valence-corrected chi connectivity index (χ2v) is 18.1. The molecule has 2 fully saturated rings. The van der Waals surface area contributed by atoms with E-state index in [0.717, 1.165) is 76.4 Å². The molecule has 3 aliphatic heterocycles. The lowest BCUT2D eigenvalue weighted by molar-refractivity contribution is -0.155. The Morgan fingerprint density at radius 3 is 2.57 bits per heavy atom. The summed E-state index contributed by atoms with van der Waals surface area (Å²) in [7, 11) is 1.70. The van der Waals surface area contributed by atoms with Gasteiger partial charge < -0.3 is 39.4 Å². The second-order valence-electron chi connectivity index (χ2n) is 18.1. The summed E-state index contributed by atoms with van der Waals surface area (Å²) in [6.07, 6.45) is 2.58. The number of aryl methyl sites for hydroxylation is 1. The van der Waals surface area contributed by atoms with Crippen LogP contribution in [0.3, 0.4) is 0 Å². The van der Waals surface area contributed by atoms with Gasteiger partial charge in [0.05, 0.1) is 36.0 Å². The number of fused-ring (bicyclic) bond motifs is 6. The number of pyridine rings is 1. The van der Waals surface area contributed by atoms with E-state index in [-0.39, 0.29) is 24.9 Å². The van der Waals surface area contributed by atoms with E-state index in [1.807, 2.05) is 19.2 Å². The average Bonchev–Trinajstić information content (AvgIpc) is 3.52. The van der Waals surface area contributed by atoms with Gasteiger partial charge in [0, 0.05) is 74.7 Å². The maximum Gasteiger partial charge on any atom is 0.408 e. The largest absolute Gasteiger partial charge is 0.508 e. The van der Waals surface area contributed by atoms with Crippen molar-refractivity contribution >= 4 is 34.6 Å². The molecule has 3 atom stereocenters. The van der Waals surface area contributed by atoms with Crippen molar-refractivity contribution in [2.45, 2.75) is 104 Å². The Balaban J connectivity index is 1.41. The summed E-state index contributed by atoms with van der Waals surface area (Å²) in [5.74, 6) is -0.845. The van der Waals surface area contributed by atoms with Gasteiger partial charge in [0.1, 0.15) is 23.4 Å². The lowest BCUT2D eigenvalue weighted by Crippen LogP contribution is -2.60. The van der Waals surface area contributed by atoms with Crippen LogP contribution in [0.5, 0.6) is 5.75 Å². The van der Waals surface area contributed by atoms with E-state index in [1.54, 1.807) is 40.0 Å². The first kappa shape index (κ1) is 42.9. The van der Waals surface area contributed by atoms with Gasteiger partial charge in [-0.15, -0.1) is 0 Å². The van der Waals surface area contributed by atoms with E-state index in [0.29, 0.717) is 37.9 Å². The number of amides is 2. The normalized spacial score (nSPS) is 20.7. The van der Waals surface area contributed by atoms with Crippen LogP contribution in [0.2, 0.25) is 0 Å². The Kier molecular flexibility index (Phi) is 12.5. The quantitative estimate of drug-likeness (QED) is 0.163. The zero-order valence-corrected chi connectivity index (χ0v) is 36.3. The van der Waals surface area contributed by atoms with E-state index < -0.39 is 41.1 Å². The number of anilines is 1. The molecule has 2 aromatic carbocycles. The predicted octanol–water partition coefficient (Wildman–Crippen LogP) is 6.27. The summed E-state index contributed by atoms with van der Waals surface area (Å²) in [5, 5.41) is 19.8. The Morgan fingerprint density at radius 1 is 1.08 bits per heavy atom. The van der Waals surface area contributed by atoms with E-state index in [2.05, 4.69) is 70.6 Å². The molecule has 2 saturated heterocycles. The van der Waals surface area contributed by atoms with Gasteiger partial charge in [-0.25, -0.2) is 10.2 Å². The van der Waals surface area contributed by atoms with Crippen LogP contribution in [-0.2, 0) is 43.2 Å². The summed E-state index contributed by atoms with van der Waals surface area (Å²) < 4.78 is 20.0. The number of piperazine rings is 1. The molecule has 0 unspecified atom stereocenters. The topological polar surface area (TPSA) is 160 Å². The number of carbonyl (C=O) groups is 3. The van der Waals surface area contributed by atoms with Gasteiger partial charge in [-0.05, 0) is 106 Å². The number of nitrogens with zero attached hydrogens (tertiary/aromatic N) is 4. The number of alkyl carbamates (subject to hydrolysis) is 1. The van der Waals surface area contributed by atoms with Gasteiger partial charge in [-0.1, -0.05) is 26.0 Å². The fourth-order valence-corrected chi connectivity index (χ4v) is 8.65. The fraction of sp³-hybridized carbons (Fsp3) is 0.522. The van der Waals surface area contributed by atoms with E-state index in [4.69, 9.17) is 19.2 Å². The van der Waals surface area contributed by atoms with Gasteiger partial charge in [-0.3, -0.25) is 19.6 Å². The first-order valence-electron chi connectivity index (χ1n) is 21.2. The molecule has 0 saturated carbocycles. The molecular weight excluding hydrogens is 763 g/mol. The minimum absolute atomic E-state index is 0.0292. The fourth-order valence-electron chi connectivity index (χ4n) is 8.65. The molecular formula is C46H61N7O7. The predicted molar refractivity (Wildman–Crippen MR) is 232 cm³/mol. The van der Waals surface area contributed by atoms with Crippen molar-refractivity contribution in [2.75, 3.05) is 51.3 Å². The molecule has 7 rings (SSSR count). The van der Waals surface area contributed by atoms with Crippen LogP contribution in [0.15, 0.2) is 48.7 Å². The third-order valence-electron chi connectivity index (χ3n) is 11.6. The number of hydrogen-bond acceptors (Lipinski definition) is 11. The average molecular weight is 824 g/mol. The van der Waals surface area contributed by atoms with Crippen molar-refractivity contribution in [1.29, 1.82) is 0 Å². The molecule has 2 amide bonds. The first-order valence-corrected chi connectivity index (χ1v) is 21.2. The molecule has 4 N–H and O–H groups in total. The number of cyclic esters (lactones) is 1. The van der Waals surface area contributed by atoms with Crippen LogP contribution >= 0.6 is 0 Å². The molecule has 3 aliphatic rings. The SMILES string of the molecule is CCn1c(-c2cc(N3CCNCC3)cnc2[C@H](C)OC)c2c3cc(ccc31)-c1cc(O)cc(c1)C[C@H](NC(=O)OC(C)(C)C)C(=O)N1CCC[C@H](N1)C(=O)OCC(C)(C)C2. The number of esters is 1. The highest BCUT2D eigenvalue weighted by atomic mass is 16.6.